The number of nitrogens with one attached hydrogen (secondary N) is 1. The van der Waals surface area contributed by atoms with E-state index in [0.717, 1.165) is 0 Å². The second-order valence-electron chi connectivity index (χ2n) is 5.28. The van der Waals surface area contributed by atoms with Crippen LogP contribution < -0.4 is 11.1 Å². The number of nitrogens with two attached hydrogens (primary N) is 1. The number of urea groups is 1. The standard InChI is InChI=1S/C18H14FN3O3S/c19-13-5-1-12(2-6-13)16-9-21-18(25-16)26-10-15(23)11-3-7-14(8-4-11)22-17(20)24/h1-9H,10H2,(H3,20,22,24). The van der Waals surface area contributed by atoms with E-state index in [2.05, 4.69) is 10.3 Å². The van der Waals surface area contributed by atoms with Crippen molar-refractivity contribution < 1.29 is 18.4 Å². The first-order valence-electron chi connectivity index (χ1n) is 7.55. The van der Waals surface area contributed by atoms with Crippen molar-refractivity contribution in [1.82, 2.24) is 4.98 Å². The summed E-state index contributed by atoms with van der Waals surface area (Å²) in [4.78, 5) is 27.1. The number of amides is 2. The first-order chi connectivity index (χ1) is 12.5. The van der Waals surface area contributed by atoms with E-state index < -0.39 is 6.03 Å². The summed E-state index contributed by atoms with van der Waals surface area (Å²) in [6, 6.07) is 11.6. The zero-order valence-electron chi connectivity index (χ0n) is 13.4. The molecule has 2 aromatic carbocycles. The van der Waals surface area contributed by atoms with Crippen molar-refractivity contribution >= 4 is 29.3 Å². The molecule has 1 heterocycles. The third-order valence-electron chi connectivity index (χ3n) is 3.41. The van der Waals surface area contributed by atoms with Crippen LogP contribution in [0.25, 0.3) is 11.3 Å². The normalized spacial score (nSPS) is 10.5. The first kappa shape index (κ1) is 17.7. The van der Waals surface area contributed by atoms with Crippen LogP contribution in [0.4, 0.5) is 14.9 Å². The van der Waals surface area contributed by atoms with E-state index in [0.29, 0.717) is 27.8 Å². The Morgan fingerprint density at radius 1 is 1.12 bits per heavy atom. The van der Waals surface area contributed by atoms with Gasteiger partial charge in [0.05, 0.1) is 11.9 Å². The Bertz CT molecular complexity index is 924. The highest BCUT2D eigenvalue weighted by atomic mass is 32.2. The van der Waals surface area contributed by atoms with Crippen molar-refractivity contribution in [3.8, 4) is 11.3 Å². The van der Waals surface area contributed by atoms with Gasteiger partial charge in [-0.25, -0.2) is 14.2 Å². The molecule has 0 saturated heterocycles. The molecule has 132 valence electrons. The Hall–Kier alpha value is -3.13. The number of benzene rings is 2. The van der Waals surface area contributed by atoms with Gasteiger partial charge in [0, 0.05) is 16.8 Å². The van der Waals surface area contributed by atoms with Crippen LogP contribution in [-0.4, -0.2) is 22.6 Å². The van der Waals surface area contributed by atoms with E-state index in [1.165, 1.54) is 30.1 Å². The molecule has 0 atom stereocenters. The van der Waals surface area contributed by atoms with Crippen molar-refractivity contribution in [3.05, 3.63) is 66.1 Å². The monoisotopic (exact) mass is 371 g/mol. The second kappa shape index (κ2) is 7.83. The Kier molecular flexibility index (Phi) is 5.33. The lowest BCUT2D eigenvalue weighted by molar-refractivity contribution is 0.102. The number of thioether (sulfide) groups is 1. The van der Waals surface area contributed by atoms with Gasteiger partial charge in [0.15, 0.2) is 11.5 Å². The lowest BCUT2D eigenvalue weighted by Gasteiger charge is -2.03. The summed E-state index contributed by atoms with van der Waals surface area (Å²) >= 11 is 1.17. The van der Waals surface area contributed by atoms with Gasteiger partial charge in [-0.2, -0.15) is 0 Å². The lowest BCUT2D eigenvalue weighted by Crippen LogP contribution is -2.19. The van der Waals surface area contributed by atoms with Crippen molar-refractivity contribution in [1.29, 1.82) is 0 Å². The summed E-state index contributed by atoms with van der Waals surface area (Å²) in [5, 5.41) is 2.78. The summed E-state index contributed by atoms with van der Waals surface area (Å²) in [6.45, 7) is 0. The van der Waals surface area contributed by atoms with Gasteiger partial charge in [-0.05, 0) is 48.5 Å². The molecule has 0 aliphatic rings. The third-order valence-corrected chi connectivity index (χ3v) is 4.26. The van der Waals surface area contributed by atoms with Crippen LogP contribution in [-0.2, 0) is 0 Å². The van der Waals surface area contributed by atoms with Gasteiger partial charge in [-0.15, -0.1) is 0 Å². The van der Waals surface area contributed by atoms with Crippen LogP contribution in [0.5, 0.6) is 0 Å². The van der Waals surface area contributed by atoms with E-state index in [1.54, 1.807) is 36.4 Å². The second-order valence-corrected chi connectivity index (χ2v) is 6.20. The van der Waals surface area contributed by atoms with E-state index in [9.17, 15) is 14.0 Å². The van der Waals surface area contributed by atoms with E-state index in [4.69, 9.17) is 10.2 Å². The van der Waals surface area contributed by atoms with Crippen LogP contribution >= 0.6 is 11.8 Å². The molecule has 2 amide bonds. The van der Waals surface area contributed by atoms with Gasteiger partial charge >= 0.3 is 6.03 Å². The Balaban J connectivity index is 1.59. The highest BCUT2D eigenvalue weighted by molar-refractivity contribution is 7.99. The van der Waals surface area contributed by atoms with Crippen LogP contribution in [0, 0.1) is 5.82 Å². The molecule has 6 nitrogen and oxygen atoms in total. The fraction of sp³-hybridized carbons (Fsp3) is 0.0556. The minimum atomic E-state index is -0.666. The number of primary amides is 1. The predicted octanol–water partition coefficient (Wildman–Crippen LogP) is 3.95. The molecule has 3 aromatic rings. The number of hydrogen-bond acceptors (Lipinski definition) is 5. The Morgan fingerprint density at radius 2 is 1.81 bits per heavy atom. The number of carbonyl (C=O) groups excluding carboxylic acids is 2. The molecule has 0 spiro atoms. The number of ketones is 1. The average Bonchev–Trinajstić information content (AvgIpc) is 3.09. The molecule has 0 saturated carbocycles. The number of hydrogen-bond donors (Lipinski definition) is 2. The van der Waals surface area contributed by atoms with Gasteiger partial charge in [-0.1, -0.05) is 11.8 Å². The SMILES string of the molecule is NC(=O)Nc1ccc(C(=O)CSc2ncc(-c3ccc(F)cc3)o2)cc1. The number of rotatable bonds is 6. The van der Waals surface area contributed by atoms with E-state index >= 15 is 0 Å². The van der Waals surface area contributed by atoms with Gasteiger partial charge in [0.2, 0.25) is 0 Å². The van der Waals surface area contributed by atoms with Crippen LogP contribution in [0.15, 0.2) is 64.4 Å². The third kappa shape index (κ3) is 4.48. The van der Waals surface area contributed by atoms with Gasteiger partial charge in [-0.3, -0.25) is 4.79 Å². The molecular formula is C18H14FN3O3S. The summed E-state index contributed by atoms with van der Waals surface area (Å²) in [5.41, 5.74) is 6.74. The molecule has 0 aliphatic heterocycles. The Morgan fingerprint density at radius 3 is 2.46 bits per heavy atom. The number of nitrogens with zero attached hydrogens (tertiary/aromatic N) is 1. The maximum Gasteiger partial charge on any atom is 0.316 e. The molecule has 3 rings (SSSR count). The molecule has 3 N–H and O–H groups in total. The number of oxazole rings is 1. The number of halogens is 1. The fourth-order valence-electron chi connectivity index (χ4n) is 2.16. The van der Waals surface area contributed by atoms with Crippen molar-refractivity contribution in [3.63, 3.8) is 0 Å². The highest BCUT2D eigenvalue weighted by Gasteiger charge is 2.11. The summed E-state index contributed by atoms with van der Waals surface area (Å²) in [6.07, 6.45) is 1.53. The van der Waals surface area contributed by atoms with E-state index in [-0.39, 0.29) is 17.4 Å². The zero-order valence-corrected chi connectivity index (χ0v) is 14.3. The molecule has 0 radical (unpaired) electrons. The summed E-state index contributed by atoms with van der Waals surface area (Å²) in [7, 11) is 0. The fourth-order valence-corrected chi connectivity index (χ4v) is 2.86. The van der Waals surface area contributed by atoms with Crippen molar-refractivity contribution in [2.45, 2.75) is 5.22 Å². The quantitative estimate of drug-likeness (QED) is 0.505. The average molecular weight is 371 g/mol. The number of carbonyl (C=O) groups is 2. The molecule has 1 aromatic heterocycles. The van der Waals surface area contributed by atoms with E-state index in [1.807, 2.05) is 0 Å². The maximum atomic E-state index is 13.0. The van der Waals surface area contributed by atoms with Crippen LogP contribution in [0.3, 0.4) is 0 Å². The maximum absolute atomic E-state index is 13.0. The largest absolute Gasteiger partial charge is 0.431 e. The smallest absolute Gasteiger partial charge is 0.316 e. The van der Waals surface area contributed by atoms with Crippen LogP contribution in [0.1, 0.15) is 10.4 Å². The molecule has 0 bridgehead atoms. The van der Waals surface area contributed by atoms with Crippen molar-refractivity contribution in [2.75, 3.05) is 11.1 Å². The highest BCUT2D eigenvalue weighted by Crippen LogP contribution is 2.26. The minimum Gasteiger partial charge on any atom is -0.431 e. The molecule has 8 heteroatoms. The lowest BCUT2D eigenvalue weighted by atomic mass is 10.1. The first-order valence-corrected chi connectivity index (χ1v) is 8.54. The molecule has 0 aliphatic carbocycles. The van der Waals surface area contributed by atoms with Crippen LogP contribution in [0.2, 0.25) is 0 Å². The zero-order chi connectivity index (χ0) is 18.5. The van der Waals surface area contributed by atoms with Gasteiger partial charge in [0.25, 0.3) is 5.22 Å². The van der Waals surface area contributed by atoms with Crippen molar-refractivity contribution in [2.24, 2.45) is 5.73 Å². The Labute approximate surface area is 152 Å². The summed E-state index contributed by atoms with van der Waals surface area (Å²) in [5.74, 6) is 0.209. The van der Waals surface area contributed by atoms with Gasteiger partial charge < -0.3 is 15.5 Å². The van der Waals surface area contributed by atoms with Gasteiger partial charge in [0.1, 0.15) is 5.82 Å². The number of aromatic nitrogens is 1. The topological polar surface area (TPSA) is 98.2 Å². The number of Topliss-reactive ketones (excluding diaryl/α,β-unsaturated/α-hetero) is 1. The summed E-state index contributed by atoms with van der Waals surface area (Å²) < 4.78 is 18.5. The molecule has 26 heavy (non-hydrogen) atoms. The molecule has 0 unspecified atom stereocenters. The minimum absolute atomic E-state index is 0.109. The number of anilines is 1. The molecular weight excluding hydrogens is 357 g/mol. The predicted molar refractivity (Wildman–Crippen MR) is 96.6 cm³/mol. The molecule has 0 fully saturated rings.